The summed E-state index contributed by atoms with van der Waals surface area (Å²) >= 11 is 5.34. The van der Waals surface area contributed by atoms with E-state index in [0.29, 0.717) is 5.46 Å². The molecule has 2 N–H and O–H groups in total. The number of halogens is 2. The molecule has 0 spiro atoms. The van der Waals surface area contributed by atoms with Gasteiger partial charge in [-0.3, -0.25) is 0 Å². The predicted molar refractivity (Wildman–Crippen MR) is 56.7 cm³/mol. The van der Waals surface area contributed by atoms with Crippen molar-refractivity contribution >= 4 is 51.1 Å². The minimum absolute atomic E-state index is 0.528. The lowest BCUT2D eigenvalue weighted by molar-refractivity contribution is 0.425. The molecule has 1 aromatic rings. The summed E-state index contributed by atoms with van der Waals surface area (Å²) in [7, 11) is -1.39. The Balaban J connectivity index is 3.17. The molecule has 0 amide bonds. The Morgan fingerprint density at radius 3 is 2.45 bits per heavy atom. The van der Waals surface area contributed by atoms with E-state index >= 15 is 0 Å². The predicted octanol–water partition coefficient (Wildman–Crippen LogP) is 0.733. The van der Waals surface area contributed by atoms with Crippen molar-refractivity contribution in [2.75, 3.05) is 0 Å². The number of hydrogen-bond donors (Lipinski definition) is 2. The van der Waals surface area contributed by atoms with Gasteiger partial charge in [0.2, 0.25) is 0 Å². The first-order valence-corrected chi connectivity index (χ1v) is 4.80. The first-order valence-electron chi connectivity index (χ1n) is 2.93. The van der Waals surface area contributed by atoms with Crippen molar-refractivity contribution in [1.29, 1.82) is 0 Å². The molecule has 1 rings (SSSR count). The molecule has 0 saturated heterocycles. The average Bonchev–Trinajstić information content (AvgIpc) is 1.94. The van der Waals surface area contributed by atoms with Gasteiger partial charge in [0.05, 0.1) is 0 Å². The summed E-state index contributed by atoms with van der Waals surface area (Å²) in [5, 5.41) is 17.7. The molecule has 0 fully saturated rings. The maximum absolute atomic E-state index is 8.86. The Kier molecular flexibility index (Phi) is 3.36. The van der Waals surface area contributed by atoms with Gasteiger partial charge in [-0.25, -0.2) is 0 Å². The van der Waals surface area contributed by atoms with Crippen molar-refractivity contribution in [3.63, 3.8) is 0 Å². The van der Waals surface area contributed by atoms with Crippen LogP contribution in [0.5, 0.6) is 0 Å². The van der Waals surface area contributed by atoms with E-state index in [-0.39, 0.29) is 0 Å². The van der Waals surface area contributed by atoms with Crippen molar-refractivity contribution in [2.24, 2.45) is 0 Å². The molecule has 0 radical (unpaired) electrons. The van der Waals surface area contributed by atoms with E-state index in [1.165, 1.54) is 0 Å². The molecule has 0 aromatic heterocycles. The van der Waals surface area contributed by atoms with Gasteiger partial charge < -0.3 is 10.0 Å². The summed E-state index contributed by atoms with van der Waals surface area (Å²) in [5.74, 6) is 0. The third-order valence-corrected chi connectivity index (χ3v) is 3.87. The van der Waals surface area contributed by atoms with Crippen LogP contribution < -0.4 is 5.46 Å². The lowest BCUT2D eigenvalue weighted by atomic mass is 9.80. The van der Waals surface area contributed by atoms with Crippen LogP contribution in [0.2, 0.25) is 0 Å². The molecular formula is C6H5BBrIO2. The highest BCUT2D eigenvalue weighted by atomic mass is 127. The highest BCUT2D eigenvalue weighted by Crippen LogP contribution is 2.16. The summed E-state index contributed by atoms with van der Waals surface area (Å²) in [5.41, 5.74) is 0.528. The summed E-state index contributed by atoms with van der Waals surface area (Å²) in [4.78, 5) is 0. The fraction of sp³-hybridized carbons (Fsp3) is 0. The van der Waals surface area contributed by atoms with Crippen LogP contribution >= 0.6 is 38.5 Å². The maximum atomic E-state index is 8.86. The normalized spacial score (nSPS) is 9.82. The highest BCUT2D eigenvalue weighted by Gasteiger charge is 2.15. The second kappa shape index (κ2) is 3.89. The van der Waals surface area contributed by atoms with E-state index in [1.54, 1.807) is 12.1 Å². The lowest BCUT2D eigenvalue weighted by Gasteiger charge is -2.03. The Morgan fingerprint density at radius 1 is 1.36 bits per heavy atom. The van der Waals surface area contributed by atoms with Crippen LogP contribution in [0.3, 0.4) is 0 Å². The van der Waals surface area contributed by atoms with Crippen LogP contribution in [-0.2, 0) is 0 Å². The van der Waals surface area contributed by atoms with Crippen LogP contribution in [0.25, 0.3) is 0 Å². The summed E-state index contributed by atoms with van der Waals surface area (Å²) in [6, 6.07) is 5.30. The first kappa shape index (κ1) is 9.50. The molecule has 5 heteroatoms. The molecule has 0 bridgehead atoms. The van der Waals surface area contributed by atoms with Crippen LogP contribution in [0.15, 0.2) is 22.7 Å². The Hall–Kier alpha value is 0.415. The fourth-order valence-electron chi connectivity index (χ4n) is 0.720. The molecule has 1 aromatic carbocycles. The van der Waals surface area contributed by atoms with Crippen LogP contribution in [0, 0.1) is 3.57 Å². The lowest BCUT2D eigenvalue weighted by Crippen LogP contribution is -2.32. The van der Waals surface area contributed by atoms with Crippen molar-refractivity contribution in [1.82, 2.24) is 0 Å². The van der Waals surface area contributed by atoms with Gasteiger partial charge in [0.15, 0.2) is 0 Å². The minimum Gasteiger partial charge on any atom is -0.423 e. The average molecular weight is 327 g/mol. The monoisotopic (exact) mass is 326 g/mol. The van der Waals surface area contributed by atoms with Gasteiger partial charge in [0, 0.05) is 8.04 Å². The van der Waals surface area contributed by atoms with E-state index in [0.717, 1.165) is 8.04 Å². The summed E-state index contributed by atoms with van der Waals surface area (Å²) in [6.45, 7) is 0. The van der Waals surface area contributed by atoms with Gasteiger partial charge in [0.1, 0.15) is 0 Å². The van der Waals surface area contributed by atoms with Gasteiger partial charge >= 0.3 is 7.12 Å². The van der Waals surface area contributed by atoms with Crippen LogP contribution in [-0.4, -0.2) is 17.2 Å². The Labute approximate surface area is 87.0 Å². The molecule has 2 nitrogen and oxygen atoms in total. The minimum atomic E-state index is -1.39. The van der Waals surface area contributed by atoms with Crippen LogP contribution in [0.1, 0.15) is 0 Å². The SMILES string of the molecule is OB(O)c1cccc(Br)c1I. The quantitative estimate of drug-likeness (QED) is 0.590. The number of benzene rings is 1. The summed E-state index contributed by atoms with van der Waals surface area (Å²) < 4.78 is 1.71. The van der Waals surface area contributed by atoms with E-state index in [2.05, 4.69) is 38.5 Å². The molecule has 58 valence electrons. The van der Waals surface area contributed by atoms with E-state index in [4.69, 9.17) is 10.0 Å². The molecule has 0 aliphatic carbocycles. The van der Waals surface area contributed by atoms with Gasteiger partial charge in [-0.1, -0.05) is 12.1 Å². The van der Waals surface area contributed by atoms with Crippen molar-refractivity contribution < 1.29 is 10.0 Å². The zero-order chi connectivity index (χ0) is 8.43. The van der Waals surface area contributed by atoms with E-state index in [9.17, 15) is 0 Å². The Bertz CT molecular complexity index is 267. The molecule has 11 heavy (non-hydrogen) atoms. The number of hydrogen-bond acceptors (Lipinski definition) is 2. The molecule has 0 saturated carbocycles. The molecule has 0 atom stereocenters. The molecular weight excluding hydrogens is 322 g/mol. The maximum Gasteiger partial charge on any atom is 0.489 e. The van der Waals surface area contributed by atoms with Crippen molar-refractivity contribution in [3.8, 4) is 0 Å². The summed E-state index contributed by atoms with van der Waals surface area (Å²) in [6.07, 6.45) is 0. The zero-order valence-corrected chi connectivity index (χ0v) is 9.20. The van der Waals surface area contributed by atoms with Gasteiger partial charge in [-0.05, 0) is 50.0 Å². The molecule has 0 aliphatic rings. The molecule has 0 heterocycles. The molecule has 0 unspecified atom stereocenters. The van der Waals surface area contributed by atoms with Crippen molar-refractivity contribution in [2.45, 2.75) is 0 Å². The largest absolute Gasteiger partial charge is 0.489 e. The topological polar surface area (TPSA) is 40.5 Å². The van der Waals surface area contributed by atoms with Gasteiger partial charge in [-0.15, -0.1) is 0 Å². The molecule has 0 aliphatic heterocycles. The standard InChI is InChI=1S/C6H5BBrIO2/c8-5-3-1-2-4(6(5)9)7(10)11/h1-3,10-11H. The third-order valence-electron chi connectivity index (χ3n) is 1.26. The van der Waals surface area contributed by atoms with Gasteiger partial charge in [-0.2, -0.15) is 0 Å². The second-order valence-corrected chi connectivity index (χ2v) is 3.95. The Morgan fingerprint density at radius 2 is 2.00 bits per heavy atom. The van der Waals surface area contributed by atoms with Crippen LogP contribution in [0.4, 0.5) is 0 Å². The zero-order valence-electron chi connectivity index (χ0n) is 5.46. The third kappa shape index (κ3) is 2.17. The second-order valence-electron chi connectivity index (χ2n) is 2.02. The fourth-order valence-corrected chi connectivity index (χ4v) is 1.74. The van der Waals surface area contributed by atoms with E-state index in [1.807, 2.05) is 6.07 Å². The first-order chi connectivity index (χ1) is 5.13. The van der Waals surface area contributed by atoms with Gasteiger partial charge in [0.25, 0.3) is 0 Å². The number of rotatable bonds is 1. The van der Waals surface area contributed by atoms with Crippen molar-refractivity contribution in [3.05, 3.63) is 26.2 Å². The van der Waals surface area contributed by atoms with E-state index < -0.39 is 7.12 Å². The smallest absolute Gasteiger partial charge is 0.423 e. The highest BCUT2D eigenvalue weighted by molar-refractivity contribution is 14.1.